The number of rotatable bonds is 9. The van der Waals surface area contributed by atoms with Gasteiger partial charge in [0.2, 0.25) is 0 Å². The molecule has 0 radical (unpaired) electrons. The molecule has 0 amide bonds. The summed E-state index contributed by atoms with van der Waals surface area (Å²) in [5.74, 6) is 0.592. The molecule has 2 heteroatoms. The minimum absolute atomic E-state index is 0.592. The Kier molecular flexibility index (Phi) is 7.76. The first-order chi connectivity index (χ1) is 9.21. The molecule has 0 saturated carbocycles. The van der Waals surface area contributed by atoms with Gasteiger partial charge in [0, 0.05) is 13.1 Å². The van der Waals surface area contributed by atoms with Crippen LogP contribution in [0.2, 0.25) is 0 Å². The van der Waals surface area contributed by atoms with E-state index in [1.165, 1.54) is 17.5 Å². The van der Waals surface area contributed by atoms with Gasteiger partial charge in [-0.2, -0.15) is 0 Å². The average Bonchev–Trinajstić information content (AvgIpc) is 2.45. The second-order valence-electron chi connectivity index (χ2n) is 5.31. The second kappa shape index (κ2) is 9.11. The summed E-state index contributed by atoms with van der Waals surface area (Å²) >= 11 is 0. The summed E-state index contributed by atoms with van der Waals surface area (Å²) in [6.07, 6.45) is 1.20. The Bertz CT molecular complexity index is 328. The van der Waals surface area contributed by atoms with Gasteiger partial charge in [-0.15, -0.1) is 0 Å². The van der Waals surface area contributed by atoms with Crippen LogP contribution in [0, 0.1) is 0 Å². The van der Waals surface area contributed by atoms with Gasteiger partial charge in [-0.05, 0) is 43.1 Å². The molecule has 2 nitrogen and oxygen atoms in total. The normalized spacial score (nSPS) is 12.9. The zero-order valence-corrected chi connectivity index (χ0v) is 13.1. The summed E-state index contributed by atoms with van der Waals surface area (Å²) in [5, 5.41) is 3.49. The summed E-state index contributed by atoms with van der Waals surface area (Å²) in [7, 11) is 0. The zero-order valence-electron chi connectivity index (χ0n) is 13.1. The fourth-order valence-corrected chi connectivity index (χ4v) is 2.27. The van der Waals surface area contributed by atoms with Crippen molar-refractivity contribution in [3.8, 4) is 0 Å². The van der Waals surface area contributed by atoms with Gasteiger partial charge in [-0.3, -0.25) is 4.90 Å². The molecule has 0 fully saturated rings. The Morgan fingerprint density at radius 2 is 1.68 bits per heavy atom. The van der Waals surface area contributed by atoms with Crippen molar-refractivity contribution in [1.29, 1.82) is 0 Å². The highest BCUT2D eigenvalue weighted by Crippen LogP contribution is 2.16. The fraction of sp³-hybridized carbons (Fsp3) is 0.647. The molecule has 0 aliphatic heterocycles. The van der Waals surface area contributed by atoms with Crippen LogP contribution in [0.5, 0.6) is 0 Å². The lowest BCUT2D eigenvalue weighted by molar-refractivity contribution is 0.296. The van der Waals surface area contributed by atoms with E-state index in [4.69, 9.17) is 0 Å². The SMILES string of the molecule is CCCNCC(C)c1ccc(CN(CC)CC)cc1. The highest BCUT2D eigenvalue weighted by atomic mass is 15.1. The van der Waals surface area contributed by atoms with Crippen LogP contribution in [0.1, 0.15) is 51.2 Å². The zero-order chi connectivity index (χ0) is 14.1. The van der Waals surface area contributed by atoms with Crippen LogP contribution in [-0.4, -0.2) is 31.1 Å². The Balaban J connectivity index is 2.50. The maximum atomic E-state index is 3.49. The standard InChI is InChI=1S/C17H30N2/c1-5-12-18-13-15(4)17-10-8-16(9-11-17)14-19(6-2)7-3/h8-11,15,18H,5-7,12-14H2,1-4H3. The quantitative estimate of drug-likeness (QED) is 0.684. The molecule has 1 unspecified atom stereocenters. The van der Waals surface area contributed by atoms with E-state index in [1.54, 1.807) is 0 Å². The van der Waals surface area contributed by atoms with Gasteiger partial charge in [0.05, 0.1) is 0 Å². The van der Waals surface area contributed by atoms with E-state index in [1.807, 2.05) is 0 Å². The van der Waals surface area contributed by atoms with Crippen LogP contribution in [0.3, 0.4) is 0 Å². The van der Waals surface area contributed by atoms with Gasteiger partial charge in [-0.1, -0.05) is 52.0 Å². The largest absolute Gasteiger partial charge is 0.316 e. The van der Waals surface area contributed by atoms with E-state index >= 15 is 0 Å². The highest BCUT2D eigenvalue weighted by molar-refractivity contribution is 5.25. The third kappa shape index (κ3) is 5.75. The van der Waals surface area contributed by atoms with Crippen molar-refractivity contribution in [2.45, 2.75) is 46.6 Å². The molecule has 0 spiro atoms. The molecule has 1 rings (SSSR count). The van der Waals surface area contributed by atoms with Gasteiger partial charge in [-0.25, -0.2) is 0 Å². The summed E-state index contributed by atoms with van der Waals surface area (Å²) in [6.45, 7) is 14.4. The molecule has 1 atom stereocenters. The number of hydrogen-bond donors (Lipinski definition) is 1. The van der Waals surface area contributed by atoms with E-state index in [-0.39, 0.29) is 0 Å². The Morgan fingerprint density at radius 1 is 1.05 bits per heavy atom. The van der Waals surface area contributed by atoms with Gasteiger partial charge in [0.25, 0.3) is 0 Å². The van der Waals surface area contributed by atoms with Crippen molar-refractivity contribution in [2.24, 2.45) is 0 Å². The van der Waals surface area contributed by atoms with Crippen LogP contribution >= 0.6 is 0 Å². The van der Waals surface area contributed by atoms with Crippen molar-refractivity contribution in [3.63, 3.8) is 0 Å². The predicted molar refractivity (Wildman–Crippen MR) is 84.6 cm³/mol. The number of nitrogens with zero attached hydrogens (tertiary/aromatic N) is 1. The van der Waals surface area contributed by atoms with E-state index < -0.39 is 0 Å². The lowest BCUT2D eigenvalue weighted by Crippen LogP contribution is -2.22. The van der Waals surface area contributed by atoms with Crippen molar-refractivity contribution in [3.05, 3.63) is 35.4 Å². The molecular formula is C17H30N2. The first kappa shape index (κ1) is 16.2. The summed E-state index contributed by atoms with van der Waals surface area (Å²) in [4.78, 5) is 2.45. The summed E-state index contributed by atoms with van der Waals surface area (Å²) in [5.41, 5.74) is 2.85. The van der Waals surface area contributed by atoms with E-state index in [0.717, 1.165) is 32.7 Å². The third-order valence-electron chi connectivity index (χ3n) is 3.73. The predicted octanol–water partition coefficient (Wildman–Crippen LogP) is 3.63. The average molecular weight is 262 g/mol. The number of nitrogens with one attached hydrogen (secondary N) is 1. The molecule has 0 heterocycles. The van der Waals surface area contributed by atoms with E-state index in [0.29, 0.717) is 5.92 Å². The van der Waals surface area contributed by atoms with Crippen molar-refractivity contribution in [1.82, 2.24) is 10.2 Å². The molecule has 0 aliphatic rings. The highest BCUT2D eigenvalue weighted by Gasteiger charge is 2.06. The third-order valence-corrected chi connectivity index (χ3v) is 3.73. The Hall–Kier alpha value is -0.860. The van der Waals surface area contributed by atoms with Crippen LogP contribution in [0.25, 0.3) is 0 Å². The lowest BCUT2D eigenvalue weighted by atomic mass is 9.99. The topological polar surface area (TPSA) is 15.3 Å². The molecule has 108 valence electrons. The van der Waals surface area contributed by atoms with E-state index in [9.17, 15) is 0 Å². The Labute approximate surface area is 119 Å². The smallest absolute Gasteiger partial charge is 0.0233 e. The van der Waals surface area contributed by atoms with Gasteiger partial charge in [0.1, 0.15) is 0 Å². The van der Waals surface area contributed by atoms with Crippen molar-refractivity contribution in [2.75, 3.05) is 26.2 Å². The van der Waals surface area contributed by atoms with Crippen LogP contribution < -0.4 is 5.32 Å². The van der Waals surface area contributed by atoms with Crippen LogP contribution in [0.15, 0.2) is 24.3 Å². The molecule has 0 bridgehead atoms. The first-order valence-electron chi connectivity index (χ1n) is 7.73. The molecule has 0 aromatic heterocycles. The van der Waals surface area contributed by atoms with Crippen LogP contribution in [-0.2, 0) is 6.54 Å². The summed E-state index contributed by atoms with van der Waals surface area (Å²) < 4.78 is 0. The number of benzene rings is 1. The maximum Gasteiger partial charge on any atom is 0.0233 e. The molecule has 0 saturated heterocycles. The molecule has 1 N–H and O–H groups in total. The maximum absolute atomic E-state index is 3.49. The fourth-order valence-electron chi connectivity index (χ4n) is 2.27. The van der Waals surface area contributed by atoms with Gasteiger partial charge in [0.15, 0.2) is 0 Å². The Morgan fingerprint density at radius 3 is 2.21 bits per heavy atom. The first-order valence-corrected chi connectivity index (χ1v) is 7.73. The van der Waals surface area contributed by atoms with Crippen molar-refractivity contribution < 1.29 is 0 Å². The van der Waals surface area contributed by atoms with Crippen LogP contribution in [0.4, 0.5) is 0 Å². The molecule has 0 aliphatic carbocycles. The summed E-state index contributed by atoms with van der Waals surface area (Å²) in [6, 6.07) is 9.14. The molecular weight excluding hydrogens is 232 g/mol. The molecule has 1 aromatic carbocycles. The monoisotopic (exact) mass is 262 g/mol. The minimum atomic E-state index is 0.592. The number of hydrogen-bond acceptors (Lipinski definition) is 2. The second-order valence-corrected chi connectivity index (χ2v) is 5.31. The van der Waals surface area contributed by atoms with E-state index in [2.05, 4.69) is 62.2 Å². The lowest BCUT2D eigenvalue weighted by Gasteiger charge is -2.19. The molecule has 1 aromatic rings. The van der Waals surface area contributed by atoms with Crippen molar-refractivity contribution >= 4 is 0 Å². The van der Waals surface area contributed by atoms with Gasteiger partial charge < -0.3 is 5.32 Å². The molecule has 19 heavy (non-hydrogen) atoms. The van der Waals surface area contributed by atoms with Gasteiger partial charge >= 0.3 is 0 Å². The minimum Gasteiger partial charge on any atom is -0.316 e.